The summed E-state index contributed by atoms with van der Waals surface area (Å²) in [5, 5.41) is 5.30. The average Bonchev–Trinajstić information content (AvgIpc) is 3.31. The molecule has 3 aromatic rings. The van der Waals surface area contributed by atoms with Crippen molar-refractivity contribution < 1.29 is 23.9 Å². The molecule has 0 radical (unpaired) electrons. The Kier molecular flexibility index (Phi) is 11.1. The molecule has 0 saturated carbocycles. The van der Waals surface area contributed by atoms with Crippen LogP contribution in [0, 0.1) is 6.92 Å². The van der Waals surface area contributed by atoms with E-state index in [4.69, 9.17) is 4.74 Å². The normalized spacial score (nSPS) is 12.9. The smallest absolute Gasteiger partial charge is 0.319 e. The fraction of sp³-hybridized carbons (Fsp3) is 0.333. The molecule has 2 N–H and O–H groups in total. The second-order valence-electron chi connectivity index (χ2n) is 10.5. The van der Waals surface area contributed by atoms with E-state index in [2.05, 4.69) is 10.6 Å². The van der Waals surface area contributed by atoms with Gasteiger partial charge in [-0.3, -0.25) is 14.4 Å². The number of carbonyl (C=O) groups is 4. The molecule has 1 heterocycles. The number of hydrogen-bond acceptors (Lipinski definition) is 5. The largest absolute Gasteiger partial charge is 0.484 e. The first-order valence-electron chi connectivity index (χ1n) is 14.5. The molecular weight excluding hydrogens is 546 g/mol. The van der Waals surface area contributed by atoms with Crippen LogP contribution in [-0.4, -0.2) is 68.5 Å². The minimum atomic E-state index is -0.546. The Morgan fingerprint density at radius 1 is 0.814 bits per heavy atom. The fourth-order valence-electron chi connectivity index (χ4n) is 4.81. The SMILES string of the molecule is Cc1cccc(NC(=O)NCC(=O)N(CC(=O)N(C)c2ccccc2)c2cccc(OCC(=O)N3CCCCCC3)c2)c1. The number of likely N-dealkylation sites (tertiary alicyclic amines) is 1. The van der Waals surface area contributed by atoms with Crippen LogP contribution in [0.2, 0.25) is 0 Å². The molecule has 226 valence electrons. The third-order valence-electron chi connectivity index (χ3n) is 7.24. The van der Waals surface area contributed by atoms with Gasteiger partial charge in [-0.2, -0.15) is 0 Å². The predicted octanol–water partition coefficient (Wildman–Crippen LogP) is 4.59. The average molecular weight is 586 g/mol. The maximum absolute atomic E-state index is 13.5. The molecule has 10 nitrogen and oxygen atoms in total. The Labute approximate surface area is 252 Å². The van der Waals surface area contributed by atoms with E-state index < -0.39 is 11.9 Å². The maximum atomic E-state index is 13.5. The summed E-state index contributed by atoms with van der Waals surface area (Å²) in [5.74, 6) is -0.505. The van der Waals surface area contributed by atoms with E-state index in [1.165, 1.54) is 9.80 Å². The van der Waals surface area contributed by atoms with Crippen molar-refractivity contribution in [2.75, 3.05) is 55.0 Å². The number of nitrogens with one attached hydrogen (secondary N) is 2. The van der Waals surface area contributed by atoms with Crippen LogP contribution in [0.3, 0.4) is 0 Å². The number of aryl methyl sites for hydroxylation is 1. The molecular formula is C33H39N5O5. The van der Waals surface area contributed by atoms with E-state index >= 15 is 0 Å². The molecule has 0 unspecified atom stereocenters. The summed E-state index contributed by atoms with van der Waals surface area (Å²) in [4.78, 5) is 56.7. The van der Waals surface area contributed by atoms with Gasteiger partial charge < -0.3 is 30.1 Å². The summed E-state index contributed by atoms with van der Waals surface area (Å²) < 4.78 is 5.82. The molecule has 3 aromatic carbocycles. The monoisotopic (exact) mass is 585 g/mol. The van der Waals surface area contributed by atoms with Gasteiger partial charge in [-0.05, 0) is 61.7 Å². The van der Waals surface area contributed by atoms with Crippen LogP contribution < -0.4 is 25.2 Å². The van der Waals surface area contributed by atoms with Gasteiger partial charge in [-0.25, -0.2) is 4.79 Å². The highest BCUT2D eigenvalue weighted by atomic mass is 16.5. The molecule has 0 aromatic heterocycles. The third kappa shape index (κ3) is 9.32. The standard InChI is InChI=1S/C33H39N5O5/c1-25-12-10-13-26(20-25)35-33(42)34-22-30(39)38(23-31(40)36(2)27-14-6-5-7-15-27)28-16-11-17-29(21-28)43-24-32(41)37-18-8-3-4-9-19-37/h5-7,10-17,20-21H,3-4,8-9,18-19,22-24H2,1-2H3,(H2,34,35,42). The van der Waals surface area contributed by atoms with Crippen LogP contribution in [0.15, 0.2) is 78.9 Å². The Bertz CT molecular complexity index is 1410. The number of para-hydroxylation sites is 1. The lowest BCUT2D eigenvalue weighted by atomic mass is 10.2. The van der Waals surface area contributed by atoms with Crippen molar-refractivity contribution in [3.05, 3.63) is 84.4 Å². The van der Waals surface area contributed by atoms with E-state index in [1.807, 2.05) is 48.2 Å². The van der Waals surface area contributed by atoms with Crippen LogP contribution in [-0.2, 0) is 14.4 Å². The van der Waals surface area contributed by atoms with Crippen LogP contribution in [0.4, 0.5) is 21.9 Å². The van der Waals surface area contributed by atoms with Gasteiger partial charge >= 0.3 is 6.03 Å². The van der Waals surface area contributed by atoms with Crippen molar-refractivity contribution in [1.29, 1.82) is 0 Å². The number of likely N-dealkylation sites (N-methyl/N-ethyl adjacent to an activating group) is 1. The molecule has 1 aliphatic rings. The lowest BCUT2D eigenvalue weighted by Gasteiger charge is -2.26. The molecule has 0 bridgehead atoms. The Hall–Kier alpha value is -4.86. The highest BCUT2D eigenvalue weighted by Gasteiger charge is 2.23. The second-order valence-corrected chi connectivity index (χ2v) is 10.5. The van der Waals surface area contributed by atoms with E-state index in [1.54, 1.807) is 49.5 Å². The van der Waals surface area contributed by atoms with Crippen LogP contribution >= 0.6 is 0 Å². The third-order valence-corrected chi connectivity index (χ3v) is 7.24. The van der Waals surface area contributed by atoms with E-state index in [0.717, 1.165) is 44.3 Å². The van der Waals surface area contributed by atoms with Crippen molar-refractivity contribution in [3.63, 3.8) is 0 Å². The van der Waals surface area contributed by atoms with Crippen LogP contribution in [0.5, 0.6) is 5.75 Å². The fourth-order valence-corrected chi connectivity index (χ4v) is 4.81. The first kappa shape index (κ1) is 31.1. The van der Waals surface area contributed by atoms with Gasteiger partial charge in [0, 0.05) is 43.3 Å². The molecule has 1 fully saturated rings. The zero-order valence-electron chi connectivity index (χ0n) is 24.8. The van der Waals surface area contributed by atoms with Gasteiger partial charge in [0.1, 0.15) is 12.3 Å². The molecule has 0 atom stereocenters. The van der Waals surface area contributed by atoms with Crippen molar-refractivity contribution >= 4 is 40.8 Å². The minimum absolute atomic E-state index is 0.0799. The summed E-state index contributed by atoms with van der Waals surface area (Å²) in [6, 6.07) is 22.6. The Balaban J connectivity index is 1.46. The maximum Gasteiger partial charge on any atom is 0.319 e. The molecule has 43 heavy (non-hydrogen) atoms. The summed E-state index contributed by atoms with van der Waals surface area (Å²) in [5.41, 5.74) is 2.66. The van der Waals surface area contributed by atoms with Crippen molar-refractivity contribution in [3.8, 4) is 5.75 Å². The highest BCUT2D eigenvalue weighted by molar-refractivity contribution is 6.05. The highest BCUT2D eigenvalue weighted by Crippen LogP contribution is 2.23. The van der Waals surface area contributed by atoms with Crippen LogP contribution in [0.1, 0.15) is 31.2 Å². The number of hydrogen-bond donors (Lipinski definition) is 2. The molecule has 5 amide bonds. The van der Waals surface area contributed by atoms with Gasteiger partial charge in [0.25, 0.3) is 5.91 Å². The number of benzene rings is 3. The number of anilines is 3. The van der Waals surface area contributed by atoms with E-state index in [9.17, 15) is 19.2 Å². The molecule has 1 saturated heterocycles. The summed E-state index contributed by atoms with van der Waals surface area (Å²) in [6.07, 6.45) is 4.22. The minimum Gasteiger partial charge on any atom is -0.484 e. The zero-order valence-corrected chi connectivity index (χ0v) is 24.8. The van der Waals surface area contributed by atoms with E-state index in [-0.39, 0.29) is 31.5 Å². The molecule has 4 rings (SSSR count). The Morgan fingerprint density at radius 2 is 1.51 bits per heavy atom. The first-order valence-corrected chi connectivity index (χ1v) is 14.5. The molecule has 1 aliphatic heterocycles. The topological polar surface area (TPSA) is 111 Å². The lowest BCUT2D eigenvalue weighted by Crippen LogP contribution is -2.46. The van der Waals surface area contributed by atoms with Gasteiger partial charge in [0.15, 0.2) is 6.61 Å². The van der Waals surface area contributed by atoms with Crippen LogP contribution in [0.25, 0.3) is 0 Å². The van der Waals surface area contributed by atoms with Gasteiger partial charge in [0.05, 0.1) is 6.54 Å². The lowest BCUT2D eigenvalue weighted by molar-refractivity contribution is -0.133. The number of carbonyl (C=O) groups excluding carboxylic acids is 4. The molecule has 0 spiro atoms. The Morgan fingerprint density at radius 3 is 2.23 bits per heavy atom. The van der Waals surface area contributed by atoms with Gasteiger partial charge in [0.2, 0.25) is 11.8 Å². The quantitative estimate of drug-likeness (QED) is 0.362. The number of amides is 5. The molecule has 10 heteroatoms. The summed E-state index contributed by atoms with van der Waals surface area (Å²) in [7, 11) is 1.64. The zero-order chi connectivity index (χ0) is 30.6. The second kappa shape index (κ2) is 15.4. The van der Waals surface area contributed by atoms with Crippen molar-refractivity contribution in [1.82, 2.24) is 10.2 Å². The van der Waals surface area contributed by atoms with Crippen molar-refractivity contribution in [2.24, 2.45) is 0 Å². The van der Waals surface area contributed by atoms with E-state index in [0.29, 0.717) is 22.8 Å². The van der Waals surface area contributed by atoms with Gasteiger partial charge in [-0.1, -0.05) is 49.2 Å². The predicted molar refractivity (Wildman–Crippen MR) is 167 cm³/mol. The number of nitrogens with zero attached hydrogens (tertiary/aromatic N) is 3. The number of ether oxygens (including phenoxy) is 1. The summed E-state index contributed by atoms with van der Waals surface area (Å²) in [6.45, 7) is 2.63. The molecule has 0 aliphatic carbocycles. The number of urea groups is 1. The van der Waals surface area contributed by atoms with Gasteiger partial charge in [-0.15, -0.1) is 0 Å². The summed E-state index contributed by atoms with van der Waals surface area (Å²) >= 11 is 0. The van der Waals surface area contributed by atoms with Crippen molar-refractivity contribution in [2.45, 2.75) is 32.6 Å². The first-order chi connectivity index (χ1) is 20.8. The number of rotatable bonds is 10.